The van der Waals surface area contributed by atoms with Crippen molar-refractivity contribution in [2.75, 3.05) is 24.6 Å². The van der Waals surface area contributed by atoms with Crippen molar-refractivity contribution in [3.63, 3.8) is 0 Å². The summed E-state index contributed by atoms with van der Waals surface area (Å²) in [4.78, 5) is 0. The van der Waals surface area contributed by atoms with Crippen molar-refractivity contribution in [2.24, 2.45) is 5.92 Å². The van der Waals surface area contributed by atoms with E-state index in [-0.39, 0.29) is 5.54 Å². The average Bonchev–Trinajstić information content (AvgIpc) is 2.27. The zero-order valence-corrected chi connectivity index (χ0v) is 12.8. The molecule has 0 aromatic rings. The van der Waals surface area contributed by atoms with Gasteiger partial charge in [-0.25, -0.2) is 0 Å². The third-order valence-electron chi connectivity index (χ3n) is 3.32. The summed E-state index contributed by atoms with van der Waals surface area (Å²) >= 11 is 2.12. The fraction of sp³-hybridized carbons (Fsp3) is 1.00. The van der Waals surface area contributed by atoms with Crippen LogP contribution in [0, 0.1) is 5.92 Å². The van der Waals surface area contributed by atoms with Gasteiger partial charge in [0.25, 0.3) is 0 Å². The van der Waals surface area contributed by atoms with Crippen LogP contribution in [0.15, 0.2) is 0 Å². The van der Waals surface area contributed by atoms with Gasteiger partial charge in [-0.3, -0.25) is 0 Å². The molecule has 1 heterocycles. The molecular weight excluding hydrogens is 228 g/mol. The summed E-state index contributed by atoms with van der Waals surface area (Å²) in [6.07, 6.45) is 4.22. The molecule has 0 aromatic carbocycles. The van der Waals surface area contributed by atoms with Gasteiger partial charge in [0.05, 0.1) is 0 Å². The minimum Gasteiger partial charge on any atom is -0.313 e. The van der Waals surface area contributed by atoms with Crippen LogP contribution in [0.5, 0.6) is 0 Å². The highest BCUT2D eigenvalue weighted by atomic mass is 32.2. The lowest BCUT2D eigenvalue weighted by molar-refractivity contribution is 0.372. The molecule has 0 amide bonds. The fourth-order valence-electron chi connectivity index (χ4n) is 2.10. The van der Waals surface area contributed by atoms with Gasteiger partial charge in [0.15, 0.2) is 0 Å². The third kappa shape index (κ3) is 8.06. The van der Waals surface area contributed by atoms with Gasteiger partial charge in [-0.15, -0.1) is 0 Å². The fourth-order valence-corrected chi connectivity index (χ4v) is 3.30. The van der Waals surface area contributed by atoms with E-state index in [1.807, 2.05) is 0 Å². The Morgan fingerprint density at radius 3 is 2.47 bits per heavy atom. The molecule has 1 aliphatic heterocycles. The van der Waals surface area contributed by atoms with Crippen molar-refractivity contribution in [1.29, 1.82) is 0 Å². The van der Waals surface area contributed by atoms with Gasteiger partial charge in [-0.2, -0.15) is 11.8 Å². The normalized spacial score (nSPS) is 20.5. The summed E-state index contributed by atoms with van der Waals surface area (Å²) < 4.78 is 0. The first-order valence-corrected chi connectivity index (χ1v) is 8.19. The topological polar surface area (TPSA) is 24.1 Å². The Bertz CT molecular complexity index is 195. The molecule has 1 unspecified atom stereocenters. The van der Waals surface area contributed by atoms with Crippen molar-refractivity contribution in [3.8, 4) is 0 Å². The number of rotatable bonds is 6. The molecule has 0 radical (unpaired) electrons. The molecule has 1 rings (SSSR count). The van der Waals surface area contributed by atoms with Gasteiger partial charge in [0, 0.05) is 18.1 Å². The summed E-state index contributed by atoms with van der Waals surface area (Å²) in [5.41, 5.74) is 0.233. The van der Waals surface area contributed by atoms with Crippen LogP contribution in [0.2, 0.25) is 0 Å². The van der Waals surface area contributed by atoms with E-state index in [0.717, 1.165) is 12.5 Å². The summed E-state index contributed by atoms with van der Waals surface area (Å²) in [5.74, 6) is 3.74. The predicted molar refractivity (Wildman–Crippen MR) is 79.9 cm³/mol. The first-order chi connectivity index (χ1) is 7.97. The minimum absolute atomic E-state index is 0.233. The molecule has 0 saturated carbocycles. The number of thioether (sulfide) groups is 1. The van der Waals surface area contributed by atoms with E-state index in [0.29, 0.717) is 6.04 Å². The van der Waals surface area contributed by atoms with Gasteiger partial charge in [-0.1, -0.05) is 0 Å². The molecule has 0 spiro atoms. The van der Waals surface area contributed by atoms with Gasteiger partial charge >= 0.3 is 0 Å². The molecule has 0 bridgehead atoms. The molecule has 1 atom stereocenters. The second-order valence-corrected chi connectivity index (χ2v) is 7.56. The third-order valence-corrected chi connectivity index (χ3v) is 4.37. The van der Waals surface area contributed by atoms with Crippen LogP contribution in [0.1, 0.15) is 47.0 Å². The lowest BCUT2D eigenvalue weighted by atomic mass is 9.99. The van der Waals surface area contributed by atoms with E-state index in [2.05, 4.69) is 50.1 Å². The van der Waals surface area contributed by atoms with E-state index < -0.39 is 0 Å². The first-order valence-electron chi connectivity index (χ1n) is 7.03. The Morgan fingerprint density at radius 2 is 1.88 bits per heavy atom. The lowest BCUT2D eigenvalue weighted by Gasteiger charge is -2.25. The maximum atomic E-state index is 3.63. The van der Waals surface area contributed by atoms with Crippen LogP contribution < -0.4 is 10.6 Å². The second-order valence-electron chi connectivity index (χ2n) is 6.33. The Labute approximate surface area is 112 Å². The molecule has 0 aliphatic carbocycles. The van der Waals surface area contributed by atoms with E-state index in [1.165, 1.54) is 37.3 Å². The van der Waals surface area contributed by atoms with Gasteiger partial charge in [-0.05, 0) is 70.9 Å². The quantitative estimate of drug-likeness (QED) is 0.766. The molecule has 17 heavy (non-hydrogen) atoms. The largest absolute Gasteiger partial charge is 0.313 e. The summed E-state index contributed by atoms with van der Waals surface area (Å²) in [6, 6.07) is 0.576. The van der Waals surface area contributed by atoms with Crippen molar-refractivity contribution in [2.45, 2.75) is 58.5 Å². The van der Waals surface area contributed by atoms with Crippen molar-refractivity contribution >= 4 is 11.8 Å². The zero-order valence-electron chi connectivity index (χ0n) is 12.0. The monoisotopic (exact) mass is 258 g/mol. The molecule has 1 saturated heterocycles. The molecular formula is C14H30N2S. The average molecular weight is 258 g/mol. The number of nitrogens with one attached hydrogen (secondary N) is 2. The highest BCUT2D eigenvalue weighted by Gasteiger charge is 2.14. The van der Waals surface area contributed by atoms with Gasteiger partial charge in [0.2, 0.25) is 0 Å². The number of hydrogen-bond acceptors (Lipinski definition) is 3. The molecule has 3 heteroatoms. The van der Waals surface area contributed by atoms with Gasteiger partial charge < -0.3 is 10.6 Å². The van der Waals surface area contributed by atoms with Crippen LogP contribution in [-0.2, 0) is 0 Å². The Morgan fingerprint density at radius 1 is 1.24 bits per heavy atom. The molecule has 1 aliphatic rings. The lowest BCUT2D eigenvalue weighted by Crippen LogP contribution is -2.44. The Balaban J connectivity index is 2.01. The molecule has 0 aromatic heterocycles. The summed E-state index contributed by atoms with van der Waals surface area (Å²) in [7, 11) is 0. The summed E-state index contributed by atoms with van der Waals surface area (Å²) in [6.45, 7) is 11.2. The van der Waals surface area contributed by atoms with E-state index in [1.54, 1.807) is 0 Å². The van der Waals surface area contributed by atoms with Crippen LogP contribution in [0.4, 0.5) is 0 Å². The number of hydrogen-bond donors (Lipinski definition) is 2. The smallest absolute Gasteiger partial charge is 0.0164 e. The van der Waals surface area contributed by atoms with E-state index >= 15 is 0 Å². The van der Waals surface area contributed by atoms with Crippen LogP contribution in [-0.4, -0.2) is 36.2 Å². The summed E-state index contributed by atoms with van der Waals surface area (Å²) in [5, 5.41) is 7.18. The zero-order chi connectivity index (χ0) is 12.7. The highest BCUT2D eigenvalue weighted by Crippen LogP contribution is 2.24. The van der Waals surface area contributed by atoms with Crippen LogP contribution in [0.3, 0.4) is 0 Å². The van der Waals surface area contributed by atoms with Crippen LogP contribution >= 0.6 is 11.8 Å². The van der Waals surface area contributed by atoms with Crippen molar-refractivity contribution in [3.05, 3.63) is 0 Å². The maximum Gasteiger partial charge on any atom is 0.0164 e. The van der Waals surface area contributed by atoms with Crippen molar-refractivity contribution in [1.82, 2.24) is 10.6 Å². The maximum absolute atomic E-state index is 3.63. The van der Waals surface area contributed by atoms with E-state index in [4.69, 9.17) is 0 Å². The first kappa shape index (κ1) is 15.3. The van der Waals surface area contributed by atoms with Crippen LogP contribution in [0.25, 0.3) is 0 Å². The highest BCUT2D eigenvalue weighted by molar-refractivity contribution is 7.99. The SMILES string of the molecule is CC(CNC(C)(C)C)NCCC1CCSCC1. The Kier molecular flexibility index (Phi) is 6.90. The minimum atomic E-state index is 0.233. The molecule has 2 N–H and O–H groups in total. The van der Waals surface area contributed by atoms with Gasteiger partial charge in [0.1, 0.15) is 0 Å². The van der Waals surface area contributed by atoms with E-state index in [9.17, 15) is 0 Å². The standard InChI is InChI=1S/C14H30N2S/c1-12(11-16-14(2,3)4)15-8-5-13-6-9-17-10-7-13/h12-13,15-16H,5-11H2,1-4H3. The predicted octanol–water partition coefficient (Wildman–Crippen LogP) is 2.89. The molecule has 102 valence electrons. The molecule has 1 fully saturated rings. The van der Waals surface area contributed by atoms with Crippen molar-refractivity contribution < 1.29 is 0 Å². The molecule has 2 nitrogen and oxygen atoms in total. The second kappa shape index (κ2) is 7.65. The Hall–Kier alpha value is 0.270.